The van der Waals surface area contributed by atoms with E-state index in [9.17, 15) is 13.6 Å². The van der Waals surface area contributed by atoms with E-state index >= 15 is 0 Å². The molecule has 0 aliphatic carbocycles. The van der Waals surface area contributed by atoms with Crippen LogP contribution in [0.5, 0.6) is 0 Å². The SMILES string of the molecule is CCCNc1nc(Nc2ccc(C(=O)OC)c(B3OC(C)(C)C(C)(C)O3)c2)ncc1C(F)F. The van der Waals surface area contributed by atoms with Gasteiger partial charge in [0.1, 0.15) is 5.82 Å². The number of esters is 1. The second-order valence-electron chi connectivity index (χ2n) is 8.73. The predicted octanol–water partition coefficient (Wildman–Crippen LogP) is 4.07. The minimum absolute atomic E-state index is 0.0710. The molecule has 2 N–H and O–H groups in total. The Bertz CT molecular complexity index is 1000. The van der Waals surface area contributed by atoms with Crippen LogP contribution >= 0.6 is 0 Å². The molecule has 8 nitrogen and oxygen atoms in total. The highest BCUT2D eigenvalue weighted by atomic mass is 19.3. The number of nitrogens with one attached hydrogen (secondary N) is 2. The van der Waals surface area contributed by atoms with Gasteiger partial charge in [0.2, 0.25) is 5.95 Å². The van der Waals surface area contributed by atoms with Crippen molar-refractivity contribution in [2.45, 2.75) is 58.7 Å². The Morgan fingerprint density at radius 2 is 1.88 bits per heavy atom. The van der Waals surface area contributed by atoms with Crippen molar-refractivity contribution >= 4 is 36.0 Å². The van der Waals surface area contributed by atoms with Crippen LogP contribution in [0.4, 0.5) is 26.2 Å². The van der Waals surface area contributed by atoms with Gasteiger partial charge < -0.3 is 24.7 Å². The molecular weight excluding hydrogens is 433 g/mol. The van der Waals surface area contributed by atoms with E-state index in [2.05, 4.69) is 20.6 Å². The summed E-state index contributed by atoms with van der Waals surface area (Å²) in [7, 11) is 0.487. The number of hydrogen-bond donors (Lipinski definition) is 2. The van der Waals surface area contributed by atoms with Gasteiger partial charge in [-0.1, -0.05) is 6.92 Å². The highest BCUT2D eigenvalue weighted by Gasteiger charge is 2.52. The van der Waals surface area contributed by atoms with Crippen LogP contribution in [0.2, 0.25) is 0 Å². The van der Waals surface area contributed by atoms with E-state index in [0.29, 0.717) is 23.3 Å². The Morgan fingerprint density at radius 3 is 2.45 bits per heavy atom. The van der Waals surface area contributed by atoms with E-state index in [1.165, 1.54) is 7.11 Å². The molecule has 0 saturated carbocycles. The smallest absolute Gasteiger partial charge is 0.465 e. The summed E-state index contributed by atoms with van der Waals surface area (Å²) in [6, 6.07) is 4.90. The van der Waals surface area contributed by atoms with Gasteiger partial charge in [-0.3, -0.25) is 0 Å². The summed E-state index contributed by atoms with van der Waals surface area (Å²) in [5, 5.41) is 5.91. The highest BCUT2D eigenvalue weighted by Crippen LogP contribution is 2.37. The molecule has 0 unspecified atom stereocenters. The number of rotatable bonds is 8. The molecule has 1 aliphatic rings. The largest absolute Gasteiger partial charge is 0.495 e. The lowest BCUT2D eigenvalue weighted by Crippen LogP contribution is -2.41. The zero-order valence-corrected chi connectivity index (χ0v) is 19.7. The molecule has 1 fully saturated rings. The van der Waals surface area contributed by atoms with Crippen LogP contribution in [-0.2, 0) is 14.0 Å². The molecule has 0 atom stereocenters. The van der Waals surface area contributed by atoms with E-state index in [1.807, 2.05) is 34.6 Å². The molecule has 0 bridgehead atoms. The number of halogens is 2. The third-order valence-electron chi connectivity index (χ3n) is 5.81. The van der Waals surface area contributed by atoms with Crippen molar-refractivity contribution in [2.75, 3.05) is 24.3 Å². The fourth-order valence-corrected chi connectivity index (χ4v) is 3.23. The first kappa shape index (κ1) is 24.8. The summed E-state index contributed by atoms with van der Waals surface area (Å²) in [6.45, 7) is 10.1. The van der Waals surface area contributed by atoms with Crippen molar-refractivity contribution in [1.82, 2.24) is 9.97 Å². The molecule has 11 heteroatoms. The number of alkyl halides is 2. The summed E-state index contributed by atoms with van der Waals surface area (Å²) in [5.41, 5.74) is -0.197. The maximum atomic E-state index is 13.3. The van der Waals surface area contributed by atoms with Gasteiger partial charge in [0.05, 0.1) is 29.4 Å². The third kappa shape index (κ3) is 5.25. The van der Waals surface area contributed by atoms with Crippen molar-refractivity contribution in [3.05, 3.63) is 35.5 Å². The maximum Gasteiger partial charge on any atom is 0.495 e. The lowest BCUT2D eigenvalue weighted by Gasteiger charge is -2.32. The van der Waals surface area contributed by atoms with Crippen molar-refractivity contribution < 1.29 is 27.6 Å². The Hall–Kier alpha value is -2.79. The molecule has 2 aromatic rings. The first-order valence-corrected chi connectivity index (χ1v) is 10.7. The number of anilines is 3. The molecule has 0 spiro atoms. The van der Waals surface area contributed by atoms with Gasteiger partial charge in [-0.05, 0) is 57.8 Å². The van der Waals surface area contributed by atoms with Gasteiger partial charge >= 0.3 is 13.1 Å². The van der Waals surface area contributed by atoms with Crippen LogP contribution in [0.15, 0.2) is 24.4 Å². The van der Waals surface area contributed by atoms with Crippen LogP contribution in [0, 0.1) is 0 Å². The fraction of sp³-hybridized carbons (Fsp3) is 0.500. The molecule has 0 radical (unpaired) electrons. The fourth-order valence-electron chi connectivity index (χ4n) is 3.23. The Kier molecular flexibility index (Phi) is 7.23. The van der Waals surface area contributed by atoms with Gasteiger partial charge in [0, 0.05) is 18.4 Å². The zero-order chi connectivity index (χ0) is 24.4. The normalized spacial score (nSPS) is 16.7. The van der Waals surface area contributed by atoms with Crippen molar-refractivity contribution in [3.8, 4) is 0 Å². The molecule has 0 amide bonds. The Morgan fingerprint density at radius 1 is 1.21 bits per heavy atom. The summed E-state index contributed by atoms with van der Waals surface area (Å²) >= 11 is 0. The second kappa shape index (κ2) is 9.60. The Balaban J connectivity index is 1.95. The lowest BCUT2D eigenvalue weighted by molar-refractivity contribution is 0.00578. The molecule has 1 aliphatic heterocycles. The first-order chi connectivity index (χ1) is 15.5. The van der Waals surface area contributed by atoms with E-state index in [0.717, 1.165) is 12.6 Å². The zero-order valence-electron chi connectivity index (χ0n) is 19.7. The Labute approximate surface area is 192 Å². The van der Waals surface area contributed by atoms with Gasteiger partial charge in [-0.25, -0.2) is 18.6 Å². The quantitative estimate of drug-likeness (QED) is 0.448. The predicted molar refractivity (Wildman–Crippen MR) is 123 cm³/mol. The van der Waals surface area contributed by atoms with E-state index < -0.39 is 30.7 Å². The number of ether oxygens (including phenoxy) is 1. The number of carbonyl (C=O) groups is 1. The minimum Gasteiger partial charge on any atom is -0.465 e. The third-order valence-corrected chi connectivity index (χ3v) is 5.81. The number of benzene rings is 1. The second-order valence-corrected chi connectivity index (χ2v) is 8.73. The average molecular weight is 462 g/mol. The highest BCUT2D eigenvalue weighted by molar-refractivity contribution is 6.63. The number of aromatic nitrogens is 2. The minimum atomic E-state index is -2.70. The number of nitrogens with zero attached hydrogens (tertiary/aromatic N) is 2. The van der Waals surface area contributed by atoms with E-state index in [-0.39, 0.29) is 17.3 Å². The van der Waals surface area contributed by atoms with E-state index in [4.69, 9.17) is 14.0 Å². The van der Waals surface area contributed by atoms with Crippen LogP contribution in [-0.4, -0.2) is 47.9 Å². The average Bonchev–Trinajstić information content (AvgIpc) is 2.98. The van der Waals surface area contributed by atoms with Gasteiger partial charge in [0.25, 0.3) is 6.43 Å². The van der Waals surface area contributed by atoms with Crippen LogP contribution in [0.1, 0.15) is 63.4 Å². The molecule has 1 aromatic heterocycles. The summed E-state index contributed by atoms with van der Waals surface area (Å²) in [6.07, 6.45) is -0.856. The summed E-state index contributed by atoms with van der Waals surface area (Å²) in [5.74, 6) is -0.333. The first-order valence-electron chi connectivity index (χ1n) is 10.7. The van der Waals surface area contributed by atoms with Gasteiger partial charge in [0.15, 0.2) is 0 Å². The number of hydrogen-bond acceptors (Lipinski definition) is 8. The molecule has 3 rings (SSSR count). The van der Waals surface area contributed by atoms with Crippen LogP contribution in [0.3, 0.4) is 0 Å². The molecule has 1 saturated heterocycles. The van der Waals surface area contributed by atoms with Crippen molar-refractivity contribution in [1.29, 1.82) is 0 Å². The molecule has 178 valence electrons. The maximum absolute atomic E-state index is 13.3. The van der Waals surface area contributed by atoms with Crippen molar-refractivity contribution in [2.24, 2.45) is 0 Å². The van der Waals surface area contributed by atoms with Crippen LogP contribution in [0.25, 0.3) is 0 Å². The molecule has 2 heterocycles. The molecular formula is C22H29BF2N4O4. The lowest BCUT2D eigenvalue weighted by atomic mass is 9.75. The van der Waals surface area contributed by atoms with Gasteiger partial charge in [-0.15, -0.1) is 0 Å². The van der Waals surface area contributed by atoms with Crippen molar-refractivity contribution in [3.63, 3.8) is 0 Å². The number of carbonyl (C=O) groups excluding carboxylic acids is 1. The van der Waals surface area contributed by atoms with Crippen LogP contribution < -0.4 is 16.1 Å². The number of methoxy groups -OCH3 is 1. The van der Waals surface area contributed by atoms with Gasteiger partial charge in [-0.2, -0.15) is 4.98 Å². The molecule has 1 aromatic carbocycles. The molecule has 33 heavy (non-hydrogen) atoms. The standard InChI is InChI=1S/C22H29BF2N4O4/c1-7-10-26-18-15(17(24)25)12-27-20(29-18)28-13-8-9-14(19(30)31-6)16(11-13)23-32-21(2,3)22(4,5)33-23/h8-9,11-12,17H,7,10H2,1-6H3,(H2,26,27,28,29). The summed E-state index contributed by atoms with van der Waals surface area (Å²) in [4.78, 5) is 20.6. The van der Waals surface area contributed by atoms with E-state index in [1.54, 1.807) is 18.2 Å². The monoisotopic (exact) mass is 462 g/mol. The summed E-state index contributed by atoms with van der Waals surface area (Å²) < 4.78 is 43.8. The topological polar surface area (TPSA) is 94.6 Å².